The largest absolute Gasteiger partial charge is 0.496 e. The lowest BCUT2D eigenvalue weighted by molar-refractivity contribution is -0.136. The van der Waals surface area contributed by atoms with Crippen molar-refractivity contribution in [1.82, 2.24) is 34.8 Å². The summed E-state index contributed by atoms with van der Waals surface area (Å²) in [5, 5.41) is 5.26. The average molecular weight is 927 g/mol. The summed E-state index contributed by atoms with van der Waals surface area (Å²) in [4.78, 5) is 75.0. The zero-order valence-corrected chi connectivity index (χ0v) is 38.6. The molecule has 66 heavy (non-hydrogen) atoms. The van der Waals surface area contributed by atoms with E-state index in [-0.39, 0.29) is 40.5 Å². The van der Waals surface area contributed by atoms with Crippen molar-refractivity contribution >= 4 is 50.7 Å². The van der Waals surface area contributed by atoms with Crippen LogP contribution in [0.1, 0.15) is 63.3 Å². The Hall–Kier alpha value is -5.43. The molecule has 5 fully saturated rings. The summed E-state index contributed by atoms with van der Waals surface area (Å²) in [5.74, 6) is -2.68. The third-order valence-corrected chi connectivity index (χ3v) is 16.0. The highest BCUT2D eigenvalue weighted by Gasteiger charge is 2.47. The minimum absolute atomic E-state index is 0.125. The van der Waals surface area contributed by atoms with Crippen LogP contribution >= 0.6 is 11.3 Å². The van der Waals surface area contributed by atoms with Crippen LogP contribution in [0.2, 0.25) is 0 Å². The van der Waals surface area contributed by atoms with Crippen molar-refractivity contribution in [3.63, 3.8) is 0 Å². The van der Waals surface area contributed by atoms with Crippen molar-refractivity contribution in [2.24, 2.45) is 18.4 Å². The number of carbonyl (C=O) groups is 4. The number of thiophene rings is 1. The van der Waals surface area contributed by atoms with Crippen molar-refractivity contribution in [3.8, 4) is 22.6 Å². The molecular formula is C48H56F2N8O7S. The van der Waals surface area contributed by atoms with Gasteiger partial charge in [-0.25, -0.2) is 8.78 Å². The number of hydrogen-bond donors (Lipinski definition) is 2. The van der Waals surface area contributed by atoms with E-state index in [9.17, 15) is 32.8 Å². The number of imide groups is 1. The molecule has 6 aliphatic heterocycles. The Kier molecular flexibility index (Phi) is 11.5. The zero-order chi connectivity index (χ0) is 46.2. The number of alkyl halides is 2. The quantitative estimate of drug-likeness (QED) is 0.209. The number of amides is 4. The normalized spacial score (nSPS) is 23.5. The van der Waals surface area contributed by atoms with E-state index in [1.165, 1.54) is 10.6 Å². The molecule has 2 N–H and O–H groups in total. The summed E-state index contributed by atoms with van der Waals surface area (Å²) >= 11 is 1.11. The summed E-state index contributed by atoms with van der Waals surface area (Å²) in [5.41, 5.74) is 4.96. The fraction of sp³-hybridized carbons (Fsp3) is 0.521. The minimum Gasteiger partial charge on any atom is -0.496 e. The van der Waals surface area contributed by atoms with Crippen molar-refractivity contribution < 1.29 is 37.4 Å². The molecule has 0 saturated carbocycles. The van der Waals surface area contributed by atoms with E-state index in [0.29, 0.717) is 64.7 Å². The third-order valence-electron chi connectivity index (χ3n) is 14.9. The Bertz CT molecular complexity index is 2660. The first-order valence-electron chi connectivity index (χ1n) is 22.8. The molecule has 2 atom stereocenters. The first-order valence-corrected chi connectivity index (χ1v) is 23.7. The molecule has 2 unspecified atom stereocenters. The van der Waals surface area contributed by atoms with E-state index >= 15 is 0 Å². The number of halogens is 2. The summed E-state index contributed by atoms with van der Waals surface area (Å²) in [7, 11) is 6.53. The number of fused-ring (bicyclic) bond motifs is 2. The Morgan fingerprint density at radius 1 is 0.909 bits per heavy atom. The number of nitrogens with one attached hydrogen (secondary N) is 2. The second-order valence-corrected chi connectivity index (χ2v) is 20.5. The molecule has 350 valence electrons. The number of methoxy groups -OCH3 is 2. The van der Waals surface area contributed by atoms with Gasteiger partial charge >= 0.3 is 0 Å². The van der Waals surface area contributed by atoms with E-state index in [2.05, 4.69) is 31.4 Å². The summed E-state index contributed by atoms with van der Waals surface area (Å²) < 4.78 is 43.6. The molecule has 0 bridgehead atoms. The van der Waals surface area contributed by atoms with Crippen molar-refractivity contribution in [1.29, 1.82) is 0 Å². The van der Waals surface area contributed by atoms with Gasteiger partial charge in [0.05, 0.1) is 42.6 Å². The molecule has 6 aliphatic rings. The van der Waals surface area contributed by atoms with Gasteiger partial charge in [0.1, 0.15) is 17.5 Å². The number of aryl methyl sites for hydroxylation is 1. The molecule has 0 radical (unpaired) electrons. The number of ether oxygens (including phenoxy) is 2. The second-order valence-electron chi connectivity index (χ2n) is 19.4. The molecule has 18 heteroatoms. The number of anilines is 1. The van der Waals surface area contributed by atoms with Gasteiger partial charge in [-0.15, -0.1) is 11.3 Å². The smallest absolute Gasteiger partial charge is 0.280 e. The number of likely N-dealkylation sites (tertiary alicyclic amines) is 3. The van der Waals surface area contributed by atoms with Gasteiger partial charge in [0.15, 0.2) is 0 Å². The van der Waals surface area contributed by atoms with E-state index in [4.69, 9.17) is 9.47 Å². The molecular weight excluding hydrogens is 871 g/mol. The zero-order valence-electron chi connectivity index (χ0n) is 37.8. The summed E-state index contributed by atoms with van der Waals surface area (Å²) in [6.07, 6.45) is 4.71. The fourth-order valence-electron chi connectivity index (χ4n) is 11.1. The van der Waals surface area contributed by atoms with E-state index < -0.39 is 36.4 Å². The van der Waals surface area contributed by atoms with Crippen LogP contribution in [0.25, 0.3) is 21.2 Å². The lowest BCUT2D eigenvalue weighted by atomic mass is 9.71. The number of rotatable bonds is 11. The number of aromatic nitrogens is 1. The highest BCUT2D eigenvalue weighted by Crippen LogP contribution is 2.45. The van der Waals surface area contributed by atoms with Gasteiger partial charge < -0.3 is 39.0 Å². The summed E-state index contributed by atoms with van der Waals surface area (Å²) in [6, 6.07) is 9.54. The molecule has 15 nitrogen and oxygen atoms in total. The van der Waals surface area contributed by atoms with Gasteiger partial charge in [-0.1, -0.05) is 6.07 Å². The van der Waals surface area contributed by atoms with Crippen molar-refractivity contribution in [2.75, 3.05) is 85.1 Å². The monoisotopic (exact) mass is 926 g/mol. The van der Waals surface area contributed by atoms with Crippen molar-refractivity contribution in [3.05, 3.63) is 74.5 Å². The molecule has 1 spiro atoms. The van der Waals surface area contributed by atoms with Crippen LogP contribution in [0.5, 0.6) is 11.5 Å². The van der Waals surface area contributed by atoms with Crippen LogP contribution in [0.4, 0.5) is 14.5 Å². The molecule has 5 saturated heterocycles. The molecule has 0 aliphatic carbocycles. The van der Waals surface area contributed by atoms with Gasteiger partial charge in [-0.2, -0.15) is 0 Å². The number of pyridine rings is 1. The van der Waals surface area contributed by atoms with E-state index in [0.717, 1.165) is 92.4 Å². The lowest BCUT2D eigenvalue weighted by Gasteiger charge is -2.55. The number of piperidine rings is 3. The first kappa shape index (κ1) is 44.4. The third kappa shape index (κ3) is 8.12. The fourth-order valence-corrected chi connectivity index (χ4v) is 12.2. The number of hydrogen-bond acceptors (Lipinski definition) is 12. The molecule has 8 heterocycles. The predicted octanol–water partition coefficient (Wildman–Crippen LogP) is 4.15. The average Bonchev–Trinajstić information content (AvgIpc) is 3.86. The van der Waals surface area contributed by atoms with E-state index in [1.54, 1.807) is 44.3 Å². The highest BCUT2D eigenvalue weighted by molar-refractivity contribution is 7.21. The number of nitrogens with zero attached hydrogens (tertiary/aromatic N) is 6. The molecule has 2 aromatic carbocycles. The van der Waals surface area contributed by atoms with Gasteiger partial charge in [0, 0.05) is 99.0 Å². The van der Waals surface area contributed by atoms with Crippen LogP contribution in [0.3, 0.4) is 0 Å². The van der Waals surface area contributed by atoms with Crippen LogP contribution in [0, 0.1) is 11.3 Å². The number of benzene rings is 2. The van der Waals surface area contributed by atoms with Crippen LogP contribution in [-0.2, 0) is 29.7 Å². The number of carbonyl (C=O) groups excluding carboxylic acids is 4. The maximum atomic E-state index is 14.8. The van der Waals surface area contributed by atoms with Gasteiger partial charge in [0.2, 0.25) is 11.8 Å². The Morgan fingerprint density at radius 2 is 1.64 bits per heavy atom. The van der Waals surface area contributed by atoms with Crippen molar-refractivity contribution in [2.45, 2.75) is 63.2 Å². The Morgan fingerprint density at radius 3 is 2.32 bits per heavy atom. The maximum absolute atomic E-state index is 14.8. The lowest BCUT2D eigenvalue weighted by Crippen LogP contribution is -2.61. The van der Waals surface area contributed by atoms with Gasteiger partial charge in [0.25, 0.3) is 23.3 Å². The Labute approximate surface area is 385 Å². The topological polar surface area (TPSA) is 149 Å². The second kappa shape index (κ2) is 17.0. The highest BCUT2D eigenvalue weighted by atomic mass is 32.1. The Balaban J connectivity index is 0.736. The first-order chi connectivity index (χ1) is 31.6. The molecule has 10 rings (SSSR count). The van der Waals surface area contributed by atoms with Gasteiger partial charge in [-0.05, 0) is 93.2 Å². The maximum Gasteiger partial charge on any atom is 0.280 e. The minimum atomic E-state index is -3.07. The summed E-state index contributed by atoms with van der Waals surface area (Å²) in [6.45, 7) is 8.02. The van der Waals surface area contributed by atoms with Crippen LogP contribution in [0.15, 0.2) is 47.4 Å². The SMILES string of the molecule is COc1cc(-c2cn(C)c(=O)c3cc(C(=O)NC4CCN(C)CC4(F)F)sc23)cc(OC)c1CN1CC(CN2CCC3(CC2)CN(c2ccc4c(c2)C(=O)N(C2CCC(=O)NC2=O)C4)C3)C1. The molecule has 4 aromatic rings. The van der Waals surface area contributed by atoms with E-state index in [1.807, 2.05) is 24.3 Å². The molecule has 4 amide bonds. The van der Waals surface area contributed by atoms with Crippen LogP contribution in [-0.4, -0.2) is 146 Å². The molecule has 2 aromatic heterocycles. The van der Waals surface area contributed by atoms with Gasteiger partial charge in [-0.3, -0.25) is 34.2 Å². The predicted molar refractivity (Wildman–Crippen MR) is 245 cm³/mol. The standard InChI is InChI=1S/C48H56F2N8O7S/c1-53-12-9-40(48(49,50)27-53)51-44(61)39-18-33-42(66-39)34(23-54(2)45(33)62)30-15-37(64-3)35(38(16-30)65-4)24-56-20-28(21-56)19-55-13-10-47(11-14-55)25-57(26-47)31-6-5-29-22-58(46(63)32(29)17-31)36-7-8-41(59)52-43(36)60/h5-6,15-18,23,28,36,40H,7-14,19-22,24-27H2,1-4H3,(H,51,61)(H,52,59,60). The van der Waals surface area contributed by atoms with Crippen LogP contribution < -0.4 is 30.6 Å².